The van der Waals surface area contributed by atoms with Gasteiger partial charge in [-0.1, -0.05) is 42.0 Å². The monoisotopic (exact) mass is 496 g/mol. The highest BCUT2D eigenvalue weighted by Gasteiger charge is 2.36. The van der Waals surface area contributed by atoms with E-state index in [-0.39, 0.29) is 43.5 Å². The van der Waals surface area contributed by atoms with E-state index in [0.29, 0.717) is 11.6 Å². The fourth-order valence-electron chi connectivity index (χ4n) is 3.29. The number of rotatable bonds is 5. The lowest BCUT2D eigenvalue weighted by atomic mass is 10.0. The van der Waals surface area contributed by atoms with Crippen LogP contribution in [0.3, 0.4) is 0 Å². The van der Waals surface area contributed by atoms with Crippen LogP contribution >= 0.6 is 11.6 Å². The van der Waals surface area contributed by atoms with Crippen molar-refractivity contribution in [3.63, 3.8) is 0 Å². The molecule has 0 amide bonds. The van der Waals surface area contributed by atoms with Gasteiger partial charge in [0, 0.05) is 18.7 Å². The minimum absolute atomic E-state index is 0.133. The molecule has 1 heterocycles. The number of allylic oxidation sites excluding steroid dienone is 1. The van der Waals surface area contributed by atoms with Gasteiger partial charge in [-0.25, -0.2) is 18.5 Å². The number of aromatic nitrogens is 2. The molecule has 34 heavy (non-hydrogen) atoms. The molecule has 0 aliphatic rings. The first-order valence-corrected chi connectivity index (χ1v) is 10.0. The zero-order valence-corrected chi connectivity index (χ0v) is 18.6. The highest BCUT2D eigenvalue weighted by Crippen LogP contribution is 2.37. The SMILES string of the molecule is C=C(C)Cc1c(OC(=O)c2ccccc2)c(Cl)cc(F)c1-n1c(=O)cc(C(F)(F)F)n(C)c1=O. The molecule has 0 spiro atoms. The summed E-state index contributed by atoms with van der Waals surface area (Å²) < 4.78 is 60.6. The normalized spacial score (nSPS) is 11.4. The van der Waals surface area contributed by atoms with E-state index in [4.69, 9.17) is 16.3 Å². The van der Waals surface area contributed by atoms with Gasteiger partial charge in [-0.05, 0) is 31.5 Å². The van der Waals surface area contributed by atoms with Crippen molar-refractivity contribution < 1.29 is 27.1 Å². The largest absolute Gasteiger partial charge is 0.431 e. The summed E-state index contributed by atoms with van der Waals surface area (Å²) in [6.45, 7) is 5.25. The first kappa shape index (κ1) is 25.0. The van der Waals surface area contributed by atoms with Crippen molar-refractivity contribution in [1.29, 1.82) is 0 Å². The second-order valence-corrected chi connectivity index (χ2v) is 7.84. The summed E-state index contributed by atoms with van der Waals surface area (Å²) in [5.74, 6) is -2.40. The molecule has 3 rings (SSSR count). The average molecular weight is 497 g/mol. The Kier molecular flexibility index (Phi) is 6.83. The molecule has 3 aromatic rings. The third-order valence-electron chi connectivity index (χ3n) is 4.77. The van der Waals surface area contributed by atoms with Crippen molar-refractivity contribution in [1.82, 2.24) is 9.13 Å². The van der Waals surface area contributed by atoms with Gasteiger partial charge < -0.3 is 4.74 Å². The number of halogens is 5. The predicted molar refractivity (Wildman–Crippen MR) is 117 cm³/mol. The summed E-state index contributed by atoms with van der Waals surface area (Å²) in [5.41, 5.74) is -4.76. The number of benzene rings is 2. The molecule has 0 N–H and O–H groups in total. The molecule has 0 unspecified atom stereocenters. The maximum Gasteiger partial charge on any atom is 0.431 e. The van der Waals surface area contributed by atoms with E-state index in [2.05, 4.69) is 6.58 Å². The van der Waals surface area contributed by atoms with Crippen molar-refractivity contribution >= 4 is 17.6 Å². The molecule has 0 bridgehead atoms. The maximum absolute atomic E-state index is 15.1. The number of hydrogen-bond acceptors (Lipinski definition) is 4. The molecule has 0 radical (unpaired) electrons. The second-order valence-electron chi connectivity index (χ2n) is 7.43. The number of carbonyl (C=O) groups is 1. The van der Waals surface area contributed by atoms with E-state index in [1.165, 1.54) is 12.1 Å². The number of ether oxygens (including phenoxy) is 1. The van der Waals surface area contributed by atoms with Crippen LogP contribution in [0.1, 0.15) is 28.5 Å². The first-order chi connectivity index (χ1) is 15.8. The number of carbonyl (C=O) groups excluding carboxylic acids is 1. The van der Waals surface area contributed by atoms with Crippen LogP contribution in [0.15, 0.2) is 64.2 Å². The lowest BCUT2D eigenvalue weighted by molar-refractivity contribution is -0.144. The van der Waals surface area contributed by atoms with Crippen molar-refractivity contribution in [2.24, 2.45) is 7.05 Å². The van der Waals surface area contributed by atoms with Crippen molar-refractivity contribution in [2.45, 2.75) is 19.5 Å². The minimum Gasteiger partial charge on any atom is -0.421 e. The zero-order valence-electron chi connectivity index (χ0n) is 17.9. The van der Waals surface area contributed by atoms with E-state index < -0.39 is 40.6 Å². The van der Waals surface area contributed by atoms with Crippen LogP contribution < -0.4 is 16.0 Å². The summed E-state index contributed by atoms with van der Waals surface area (Å²) in [6.07, 6.45) is -5.21. The predicted octanol–water partition coefficient (Wildman–Crippen LogP) is 4.69. The van der Waals surface area contributed by atoms with Crippen LogP contribution in [0, 0.1) is 5.82 Å². The quantitative estimate of drug-likeness (QED) is 0.222. The smallest absolute Gasteiger partial charge is 0.421 e. The Labute approximate surface area is 195 Å². The van der Waals surface area contributed by atoms with E-state index in [9.17, 15) is 27.6 Å². The molecule has 0 fully saturated rings. The summed E-state index contributed by atoms with van der Waals surface area (Å²) >= 11 is 6.14. The summed E-state index contributed by atoms with van der Waals surface area (Å²) in [7, 11) is 0.795. The third-order valence-corrected chi connectivity index (χ3v) is 5.05. The van der Waals surface area contributed by atoms with Gasteiger partial charge in [0.1, 0.15) is 11.5 Å². The lowest BCUT2D eigenvalue weighted by Crippen LogP contribution is -2.41. The molecule has 1 aromatic heterocycles. The second kappa shape index (κ2) is 9.30. The fourth-order valence-corrected chi connectivity index (χ4v) is 3.54. The van der Waals surface area contributed by atoms with Gasteiger partial charge in [0.25, 0.3) is 5.56 Å². The molecule has 2 aromatic carbocycles. The summed E-state index contributed by atoms with van der Waals surface area (Å²) in [6, 6.07) is 8.61. The number of nitrogens with zero attached hydrogens (tertiary/aromatic N) is 2. The van der Waals surface area contributed by atoms with Crippen LogP contribution in [0.25, 0.3) is 5.69 Å². The minimum atomic E-state index is -5.00. The summed E-state index contributed by atoms with van der Waals surface area (Å²) in [5, 5.41) is -0.349. The zero-order chi connectivity index (χ0) is 25.4. The first-order valence-electron chi connectivity index (χ1n) is 9.66. The highest BCUT2D eigenvalue weighted by molar-refractivity contribution is 6.32. The Morgan fingerprint density at radius 3 is 2.32 bits per heavy atom. The van der Waals surface area contributed by atoms with Crippen LogP contribution in [-0.2, 0) is 19.6 Å². The van der Waals surface area contributed by atoms with Gasteiger partial charge in [-0.15, -0.1) is 0 Å². The lowest BCUT2D eigenvalue weighted by Gasteiger charge is -2.19. The molecular formula is C23H17ClF4N2O4. The molecule has 0 aliphatic carbocycles. The van der Waals surface area contributed by atoms with Gasteiger partial charge in [-0.2, -0.15) is 13.2 Å². The molecule has 178 valence electrons. The third kappa shape index (κ3) is 4.81. The van der Waals surface area contributed by atoms with Crippen LogP contribution in [0.2, 0.25) is 5.02 Å². The van der Waals surface area contributed by atoms with E-state index in [1.807, 2.05) is 0 Å². The standard InChI is InChI=1S/C23H17ClF4N2O4/c1-12(2)9-14-19(30-18(31)11-17(23(26,27)28)29(3)22(30)33)16(25)10-15(24)20(14)34-21(32)13-7-5-4-6-8-13/h4-8,10-11H,1,9H2,2-3H3. The number of alkyl halides is 3. The van der Waals surface area contributed by atoms with Gasteiger partial charge in [0.05, 0.1) is 16.3 Å². The van der Waals surface area contributed by atoms with Crippen molar-refractivity contribution in [2.75, 3.05) is 0 Å². The Hall–Kier alpha value is -3.66. The molecular weight excluding hydrogens is 480 g/mol. The molecule has 0 saturated carbocycles. The van der Waals surface area contributed by atoms with Gasteiger partial charge in [0.2, 0.25) is 0 Å². The van der Waals surface area contributed by atoms with Gasteiger partial charge in [0.15, 0.2) is 5.75 Å². The molecule has 11 heteroatoms. The van der Waals surface area contributed by atoms with Crippen molar-refractivity contribution in [3.05, 3.63) is 103 Å². The van der Waals surface area contributed by atoms with Crippen LogP contribution in [-0.4, -0.2) is 15.1 Å². The topological polar surface area (TPSA) is 70.3 Å². The van der Waals surface area contributed by atoms with Crippen LogP contribution in [0.4, 0.5) is 17.6 Å². The molecule has 0 saturated heterocycles. The fraction of sp³-hybridized carbons (Fsp3) is 0.174. The Morgan fingerprint density at radius 2 is 1.76 bits per heavy atom. The van der Waals surface area contributed by atoms with Crippen LogP contribution in [0.5, 0.6) is 5.75 Å². The van der Waals surface area contributed by atoms with E-state index >= 15 is 4.39 Å². The Morgan fingerprint density at radius 1 is 1.15 bits per heavy atom. The van der Waals surface area contributed by atoms with Gasteiger partial charge in [-0.3, -0.25) is 9.36 Å². The highest BCUT2D eigenvalue weighted by atomic mass is 35.5. The maximum atomic E-state index is 15.1. The van der Waals surface area contributed by atoms with E-state index in [0.717, 1.165) is 7.05 Å². The molecule has 0 aliphatic heterocycles. The number of hydrogen-bond donors (Lipinski definition) is 0. The summed E-state index contributed by atoms with van der Waals surface area (Å²) in [4.78, 5) is 38.0. The average Bonchev–Trinajstić information content (AvgIpc) is 2.74. The Bertz CT molecular complexity index is 1410. The van der Waals surface area contributed by atoms with Gasteiger partial charge >= 0.3 is 17.8 Å². The number of esters is 1. The molecule has 6 nitrogen and oxygen atoms in total. The Balaban J connectivity index is 2.33. The van der Waals surface area contributed by atoms with Crippen molar-refractivity contribution in [3.8, 4) is 11.4 Å². The molecule has 0 atom stereocenters. The van der Waals surface area contributed by atoms with E-state index in [1.54, 1.807) is 25.1 Å².